The number of anilines is 1. The van der Waals surface area contributed by atoms with Crippen LogP contribution >= 0.6 is 0 Å². The quantitative estimate of drug-likeness (QED) is 0.500. The third kappa shape index (κ3) is 3.11. The number of amides is 1. The Hall–Kier alpha value is -4.07. The Morgan fingerprint density at radius 2 is 1.72 bits per heavy atom. The number of rotatable bonds is 3. The molecule has 2 aliphatic heterocycles. The Kier molecular flexibility index (Phi) is 4.41. The van der Waals surface area contributed by atoms with Crippen molar-refractivity contribution in [2.24, 2.45) is 0 Å². The number of para-hydroxylation sites is 1. The lowest BCUT2D eigenvalue weighted by atomic mass is 10.1. The third-order valence-corrected chi connectivity index (χ3v) is 5.99. The number of hydrogen-bond acceptors (Lipinski definition) is 6. The van der Waals surface area contributed by atoms with E-state index in [9.17, 15) is 4.79 Å². The van der Waals surface area contributed by atoms with Gasteiger partial charge in [-0.2, -0.15) is 5.10 Å². The molecule has 2 aromatic carbocycles. The molecule has 1 saturated heterocycles. The minimum absolute atomic E-state index is 0.0388. The van der Waals surface area contributed by atoms with Crippen molar-refractivity contribution in [1.29, 1.82) is 0 Å². The monoisotopic (exact) mass is 427 g/mol. The van der Waals surface area contributed by atoms with Crippen molar-refractivity contribution >= 4 is 17.2 Å². The first-order valence-electron chi connectivity index (χ1n) is 10.6. The molecule has 0 radical (unpaired) electrons. The van der Waals surface area contributed by atoms with Gasteiger partial charge in [0.05, 0.1) is 11.9 Å². The van der Waals surface area contributed by atoms with Crippen molar-refractivity contribution in [2.45, 2.75) is 0 Å². The van der Waals surface area contributed by atoms with Gasteiger partial charge < -0.3 is 19.3 Å². The van der Waals surface area contributed by atoms with E-state index in [1.807, 2.05) is 47.4 Å². The van der Waals surface area contributed by atoms with Gasteiger partial charge in [0.15, 0.2) is 17.1 Å². The van der Waals surface area contributed by atoms with Gasteiger partial charge in [-0.1, -0.05) is 18.2 Å². The molecule has 0 spiro atoms. The van der Waals surface area contributed by atoms with Crippen molar-refractivity contribution < 1.29 is 14.3 Å². The summed E-state index contributed by atoms with van der Waals surface area (Å²) >= 11 is 0. The highest BCUT2D eigenvalue weighted by molar-refractivity contribution is 6.00. The molecule has 0 saturated carbocycles. The lowest BCUT2D eigenvalue weighted by Crippen LogP contribution is -2.48. The van der Waals surface area contributed by atoms with Crippen LogP contribution in [-0.4, -0.2) is 58.4 Å². The predicted octanol–water partition coefficient (Wildman–Crippen LogP) is 3.09. The molecule has 0 N–H and O–H groups in total. The van der Waals surface area contributed by atoms with E-state index in [4.69, 9.17) is 9.47 Å². The molecule has 6 rings (SSSR count). The average molecular weight is 427 g/mol. The molecule has 1 amide bonds. The predicted molar refractivity (Wildman–Crippen MR) is 119 cm³/mol. The maximum atomic E-state index is 13.3. The van der Waals surface area contributed by atoms with E-state index in [1.165, 1.54) is 5.69 Å². The van der Waals surface area contributed by atoms with Crippen LogP contribution in [0.15, 0.2) is 67.0 Å². The maximum absolute atomic E-state index is 13.3. The highest BCUT2D eigenvalue weighted by atomic mass is 16.7. The molecule has 2 aromatic heterocycles. The zero-order chi connectivity index (χ0) is 21.5. The Morgan fingerprint density at radius 3 is 2.56 bits per heavy atom. The number of carbonyl (C=O) groups is 1. The minimum atomic E-state index is -0.0388. The lowest BCUT2D eigenvalue weighted by molar-refractivity contribution is 0.0748. The minimum Gasteiger partial charge on any atom is -0.454 e. The van der Waals surface area contributed by atoms with Crippen LogP contribution in [0.3, 0.4) is 0 Å². The maximum Gasteiger partial charge on any atom is 0.259 e. The number of piperazine rings is 1. The molecule has 0 atom stereocenters. The van der Waals surface area contributed by atoms with Crippen LogP contribution in [0.25, 0.3) is 16.9 Å². The van der Waals surface area contributed by atoms with E-state index in [-0.39, 0.29) is 12.7 Å². The number of aromatic nitrogens is 3. The van der Waals surface area contributed by atoms with Crippen molar-refractivity contribution in [3.05, 3.63) is 72.6 Å². The summed E-state index contributed by atoms with van der Waals surface area (Å²) in [5.74, 6) is 1.39. The van der Waals surface area contributed by atoms with Gasteiger partial charge in [-0.15, -0.1) is 0 Å². The molecule has 4 heterocycles. The largest absolute Gasteiger partial charge is 0.454 e. The van der Waals surface area contributed by atoms with Crippen molar-refractivity contribution in [3.8, 4) is 22.8 Å². The zero-order valence-electron chi connectivity index (χ0n) is 17.3. The fraction of sp³-hybridized carbons (Fsp3) is 0.208. The summed E-state index contributed by atoms with van der Waals surface area (Å²) in [6.07, 6.45) is 3.33. The fourth-order valence-electron chi connectivity index (χ4n) is 4.29. The zero-order valence-corrected chi connectivity index (χ0v) is 17.3. The van der Waals surface area contributed by atoms with E-state index in [0.29, 0.717) is 30.0 Å². The van der Waals surface area contributed by atoms with Crippen LogP contribution in [0.2, 0.25) is 0 Å². The first-order chi connectivity index (χ1) is 15.8. The second-order valence-corrected chi connectivity index (χ2v) is 7.81. The Labute approximate surface area is 184 Å². The molecule has 160 valence electrons. The summed E-state index contributed by atoms with van der Waals surface area (Å²) in [5, 5.41) is 4.49. The van der Waals surface area contributed by atoms with Gasteiger partial charge in [-0.05, 0) is 36.4 Å². The van der Waals surface area contributed by atoms with Crippen molar-refractivity contribution in [2.75, 3.05) is 37.9 Å². The third-order valence-electron chi connectivity index (χ3n) is 5.99. The molecule has 4 aromatic rings. The second kappa shape index (κ2) is 7.56. The van der Waals surface area contributed by atoms with Gasteiger partial charge in [0, 0.05) is 43.6 Å². The van der Waals surface area contributed by atoms with Crippen LogP contribution in [0.4, 0.5) is 5.69 Å². The van der Waals surface area contributed by atoms with Crippen LogP contribution in [-0.2, 0) is 0 Å². The molecular formula is C24H21N5O3. The summed E-state index contributed by atoms with van der Waals surface area (Å²) in [5.41, 5.74) is 4.00. The van der Waals surface area contributed by atoms with E-state index in [1.54, 1.807) is 16.9 Å². The Bertz CT molecular complexity index is 1300. The Balaban J connectivity index is 1.26. The summed E-state index contributed by atoms with van der Waals surface area (Å²) in [6, 6.07) is 17.9. The summed E-state index contributed by atoms with van der Waals surface area (Å²) in [6.45, 7) is 3.14. The van der Waals surface area contributed by atoms with Crippen molar-refractivity contribution in [1.82, 2.24) is 19.5 Å². The van der Waals surface area contributed by atoms with Crippen LogP contribution in [0.5, 0.6) is 11.5 Å². The highest BCUT2D eigenvalue weighted by Gasteiger charge is 2.26. The van der Waals surface area contributed by atoms with Gasteiger partial charge in [0.1, 0.15) is 5.56 Å². The second-order valence-electron chi connectivity index (χ2n) is 7.81. The smallest absolute Gasteiger partial charge is 0.259 e. The summed E-state index contributed by atoms with van der Waals surface area (Å²) in [7, 11) is 0. The van der Waals surface area contributed by atoms with Crippen molar-refractivity contribution in [3.63, 3.8) is 0 Å². The number of hydrogen-bond donors (Lipinski definition) is 0. The van der Waals surface area contributed by atoms with Crippen LogP contribution in [0, 0.1) is 0 Å². The van der Waals surface area contributed by atoms with E-state index >= 15 is 0 Å². The average Bonchev–Trinajstić information content (AvgIpc) is 3.51. The molecule has 0 aliphatic carbocycles. The van der Waals surface area contributed by atoms with E-state index < -0.39 is 0 Å². The standard InChI is InChI=1S/C24H21N5O3/c30-24(28-12-10-27(11-13-28)18-4-2-1-3-5-18)19-15-26-29-20(8-9-25-23(19)29)17-6-7-21-22(14-17)32-16-31-21/h1-9,14-15H,10-13,16H2. The molecule has 0 unspecified atom stereocenters. The van der Waals surface area contributed by atoms with Gasteiger partial charge >= 0.3 is 0 Å². The Morgan fingerprint density at radius 1 is 0.906 bits per heavy atom. The first-order valence-corrected chi connectivity index (χ1v) is 10.6. The first kappa shape index (κ1) is 18.7. The topological polar surface area (TPSA) is 72.2 Å². The number of fused-ring (bicyclic) bond motifs is 2. The van der Waals surface area contributed by atoms with Gasteiger partial charge in [-0.3, -0.25) is 4.79 Å². The SMILES string of the molecule is O=C(c1cnn2c(-c3ccc4c(c3)OCO4)ccnc12)N1CCN(c2ccccc2)CC1. The molecule has 0 bridgehead atoms. The number of carbonyl (C=O) groups excluding carboxylic acids is 1. The molecule has 8 heteroatoms. The van der Waals surface area contributed by atoms with Crippen LogP contribution < -0.4 is 14.4 Å². The van der Waals surface area contributed by atoms with E-state index in [2.05, 4.69) is 27.1 Å². The number of benzene rings is 2. The fourth-order valence-corrected chi connectivity index (χ4v) is 4.29. The molecule has 8 nitrogen and oxygen atoms in total. The lowest BCUT2D eigenvalue weighted by Gasteiger charge is -2.36. The molecule has 32 heavy (non-hydrogen) atoms. The van der Waals surface area contributed by atoms with Gasteiger partial charge in [0.2, 0.25) is 6.79 Å². The summed E-state index contributed by atoms with van der Waals surface area (Å²) in [4.78, 5) is 21.9. The normalized spacial score (nSPS) is 15.4. The highest BCUT2D eigenvalue weighted by Crippen LogP contribution is 2.36. The molecular weight excluding hydrogens is 406 g/mol. The van der Waals surface area contributed by atoms with Gasteiger partial charge in [0.25, 0.3) is 5.91 Å². The molecule has 2 aliphatic rings. The van der Waals surface area contributed by atoms with Gasteiger partial charge in [-0.25, -0.2) is 9.50 Å². The molecule has 1 fully saturated rings. The van der Waals surface area contributed by atoms with E-state index in [0.717, 1.165) is 30.1 Å². The summed E-state index contributed by atoms with van der Waals surface area (Å²) < 4.78 is 12.6. The number of nitrogens with zero attached hydrogens (tertiary/aromatic N) is 5. The van der Waals surface area contributed by atoms with Crippen LogP contribution in [0.1, 0.15) is 10.4 Å². The number of ether oxygens (including phenoxy) is 2.